The second-order valence-corrected chi connectivity index (χ2v) is 7.32. The summed E-state index contributed by atoms with van der Waals surface area (Å²) in [5, 5.41) is 4.34. The summed E-state index contributed by atoms with van der Waals surface area (Å²) in [6.07, 6.45) is 7.89. The summed E-state index contributed by atoms with van der Waals surface area (Å²) < 4.78 is 6.32. The maximum absolute atomic E-state index is 6.32. The van der Waals surface area contributed by atoms with Crippen molar-refractivity contribution >= 4 is 22.5 Å². The van der Waals surface area contributed by atoms with E-state index in [4.69, 9.17) is 10.5 Å². The summed E-state index contributed by atoms with van der Waals surface area (Å²) >= 11 is 0. The summed E-state index contributed by atoms with van der Waals surface area (Å²) in [6, 6.07) is 8.23. The third-order valence-electron chi connectivity index (χ3n) is 5.04. The molecule has 0 atom stereocenters. The number of benzene rings is 1. The standard InChI is InChI=1S/C21H25N5O/c1-13-11-23-21(24-12-13)26-15-6-8-16(9-7-15)27-19-5-3-4-18-20(19)17(22)10-14(2)25-18/h3-5,10-12,15-16H,6-9H2,1-2H3,(H2,22,25)(H,23,24,26). The molecule has 1 aliphatic carbocycles. The molecule has 2 heterocycles. The molecule has 0 unspecified atom stereocenters. The van der Waals surface area contributed by atoms with Crippen LogP contribution in [0.1, 0.15) is 36.9 Å². The van der Waals surface area contributed by atoms with Gasteiger partial charge in [-0.05, 0) is 63.3 Å². The predicted molar refractivity (Wildman–Crippen MR) is 108 cm³/mol. The Morgan fingerprint density at radius 1 is 1.07 bits per heavy atom. The normalized spacial score (nSPS) is 19.8. The fourth-order valence-electron chi connectivity index (χ4n) is 3.67. The number of nitrogens with one attached hydrogen (secondary N) is 1. The van der Waals surface area contributed by atoms with Gasteiger partial charge in [0.25, 0.3) is 0 Å². The van der Waals surface area contributed by atoms with Gasteiger partial charge in [0.1, 0.15) is 5.75 Å². The first-order valence-corrected chi connectivity index (χ1v) is 9.46. The van der Waals surface area contributed by atoms with Crippen molar-refractivity contribution in [3.63, 3.8) is 0 Å². The van der Waals surface area contributed by atoms with Crippen LogP contribution in [0.4, 0.5) is 11.6 Å². The Hall–Kier alpha value is -2.89. The molecule has 1 aliphatic rings. The van der Waals surface area contributed by atoms with Crippen molar-refractivity contribution in [1.82, 2.24) is 15.0 Å². The molecule has 0 radical (unpaired) electrons. The molecule has 3 N–H and O–H groups in total. The Morgan fingerprint density at radius 2 is 1.81 bits per heavy atom. The number of anilines is 2. The van der Waals surface area contributed by atoms with E-state index in [0.717, 1.165) is 59.3 Å². The number of hydrogen-bond donors (Lipinski definition) is 2. The zero-order chi connectivity index (χ0) is 18.8. The highest BCUT2D eigenvalue weighted by Gasteiger charge is 2.23. The summed E-state index contributed by atoms with van der Waals surface area (Å²) in [5.41, 5.74) is 9.83. The molecule has 0 aliphatic heterocycles. The van der Waals surface area contributed by atoms with E-state index >= 15 is 0 Å². The van der Waals surface area contributed by atoms with Crippen LogP contribution in [0.25, 0.3) is 10.9 Å². The van der Waals surface area contributed by atoms with Crippen molar-refractivity contribution in [3.8, 4) is 5.75 Å². The number of pyridine rings is 1. The fraction of sp³-hybridized carbons (Fsp3) is 0.381. The van der Waals surface area contributed by atoms with E-state index < -0.39 is 0 Å². The van der Waals surface area contributed by atoms with Crippen LogP contribution in [-0.2, 0) is 0 Å². The van der Waals surface area contributed by atoms with Gasteiger partial charge in [-0.25, -0.2) is 9.97 Å². The van der Waals surface area contributed by atoms with Crippen molar-refractivity contribution in [2.45, 2.75) is 51.7 Å². The third-order valence-corrected chi connectivity index (χ3v) is 5.04. The van der Waals surface area contributed by atoms with E-state index in [1.165, 1.54) is 0 Å². The van der Waals surface area contributed by atoms with Crippen molar-refractivity contribution in [2.24, 2.45) is 0 Å². The Kier molecular flexibility index (Phi) is 4.79. The Morgan fingerprint density at radius 3 is 2.56 bits per heavy atom. The molecule has 0 amide bonds. The molecular weight excluding hydrogens is 338 g/mol. The van der Waals surface area contributed by atoms with Gasteiger partial charge in [-0.1, -0.05) is 6.07 Å². The number of rotatable bonds is 4. The van der Waals surface area contributed by atoms with Gasteiger partial charge in [-0.3, -0.25) is 4.98 Å². The summed E-state index contributed by atoms with van der Waals surface area (Å²) in [4.78, 5) is 13.2. The molecule has 0 saturated heterocycles. The number of nitrogens with zero attached hydrogens (tertiary/aromatic N) is 3. The largest absolute Gasteiger partial charge is 0.490 e. The van der Waals surface area contributed by atoms with Gasteiger partial charge in [0.2, 0.25) is 5.95 Å². The van der Waals surface area contributed by atoms with Crippen LogP contribution in [0, 0.1) is 13.8 Å². The minimum absolute atomic E-state index is 0.188. The molecule has 140 valence electrons. The van der Waals surface area contributed by atoms with Crippen LogP contribution >= 0.6 is 0 Å². The smallest absolute Gasteiger partial charge is 0.222 e. The van der Waals surface area contributed by atoms with Crippen LogP contribution in [0.3, 0.4) is 0 Å². The van der Waals surface area contributed by atoms with Crippen molar-refractivity contribution in [3.05, 3.63) is 47.9 Å². The minimum atomic E-state index is 0.188. The molecule has 4 rings (SSSR count). The van der Waals surface area contributed by atoms with Crippen LogP contribution in [0.2, 0.25) is 0 Å². The van der Waals surface area contributed by atoms with Gasteiger partial charge >= 0.3 is 0 Å². The first kappa shape index (κ1) is 17.5. The van der Waals surface area contributed by atoms with Gasteiger partial charge in [0, 0.05) is 29.8 Å². The second-order valence-electron chi connectivity index (χ2n) is 7.32. The first-order chi connectivity index (χ1) is 13.1. The number of hydrogen-bond acceptors (Lipinski definition) is 6. The lowest BCUT2D eigenvalue weighted by Crippen LogP contribution is -2.31. The average Bonchev–Trinajstić information content (AvgIpc) is 2.65. The lowest BCUT2D eigenvalue weighted by atomic mass is 9.93. The molecule has 0 bridgehead atoms. The van der Waals surface area contributed by atoms with Crippen molar-refractivity contribution in [2.75, 3.05) is 11.1 Å². The molecule has 1 saturated carbocycles. The van der Waals surface area contributed by atoms with Gasteiger partial charge in [-0.15, -0.1) is 0 Å². The van der Waals surface area contributed by atoms with Crippen LogP contribution in [-0.4, -0.2) is 27.1 Å². The molecule has 6 heteroatoms. The lowest BCUT2D eigenvalue weighted by Gasteiger charge is -2.30. The zero-order valence-corrected chi connectivity index (χ0v) is 15.8. The number of ether oxygens (including phenoxy) is 1. The summed E-state index contributed by atoms with van der Waals surface area (Å²) in [6.45, 7) is 3.94. The van der Waals surface area contributed by atoms with Crippen molar-refractivity contribution in [1.29, 1.82) is 0 Å². The van der Waals surface area contributed by atoms with Gasteiger partial charge in [0.15, 0.2) is 0 Å². The van der Waals surface area contributed by atoms with E-state index in [-0.39, 0.29) is 6.10 Å². The number of aromatic nitrogens is 3. The Labute approximate surface area is 159 Å². The van der Waals surface area contributed by atoms with E-state index in [1.807, 2.05) is 50.5 Å². The highest BCUT2D eigenvalue weighted by atomic mass is 16.5. The molecule has 2 aromatic heterocycles. The van der Waals surface area contributed by atoms with Crippen LogP contribution < -0.4 is 15.8 Å². The van der Waals surface area contributed by atoms with Gasteiger partial charge in [-0.2, -0.15) is 0 Å². The average molecular weight is 363 g/mol. The van der Waals surface area contributed by atoms with Gasteiger partial charge < -0.3 is 15.8 Å². The van der Waals surface area contributed by atoms with E-state index in [2.05, 4.69) is 20.3 Å². The molecule has 1 fully saturated rings. The fourth-order valence-corrected chi connectivity index (χ4v) is 3.67. The number of aryl methyl sites for hydroxylation is 2. The maximum atomic E-state index is 6.32. The summed E-state index contributed by atoms with van der Waals surface area (Å²) in [7, 11) is 0. The minimum Gasteiger partial charge on any atom is -0.490 e. The topological polar surface area (TPSA) is 86.0 Å². The molecule has 1 aromatic carbocycles. The van der Waals surface area contributed by atoms with E-state index in [9.17, 15) is 0 Å². The molecular formula is C21H25N5O. The number of nitrogen functional groups attached to an aromatic ring is 1. The molecule has 0 spiro atoms. The third kappa shape index (κ3) is 3.94. The highest BCUT2D eigenvalue weighted by Crippen LogP contribution is 2.33. The number of nitrogens with two attached hydrogens (primary N) is 1. The maximum Gasteiger partial charge on any atom is 0.222 e. The monoisotopic (exact) mass is 363 g/mol. The number of fused-ring (bicyclic) bond motifs is 1. The SMILES string of the molecule is Cc1cnc(NC2CCC(Oc3cccc4nc(C)cc(N)c34)CC2)nc1. The Bertz CT molecular complexity index is 933. The van der Waals surface area contributed by atoms with Gasteiger partial charge in [0.05, 0.1) is 17.0 Å². The highest BCUT2D eigenvalue weighted by molar-refractivity contribution is 5.95. The first-order valence-electron chi connectivity index (χ1n) is 9.46. The van der Waals surface area contributed by atoms with Crippen molar-refractivity contribution < 1.29 is 4.74 Å². The molecule has 27 heavy (non-hydrogen) atoms. The molecule has 6 nitrogen and oxygen atoms in total. The zero-order valence-electron chi connectivity index (χ0n) is 15.8. The summed E-state index contributed by atoms with van der Waals surface area (Å²) in [5.74, 6) is 1.53. The quantitative estimate of drug-likeness (QED) is 0.728. The lowest BCUT2D eigenvalue weighted by molar-refractivity contribution is 0.152. The van der Waals surface area contributed by atoms with Crippen LogP contribution in [0.5, 0.6) is 5.75 Å². The van der Waals surface area contributed by atoms with Crippen LogP contribution in [0.15, 0.2) is 36.7 Å². The van der Waals surface area contributed by atoms with E-state index in [1.54, 1.807) is 0 Å². The Balaban J connectivity index is 1.41. The predicted octanol–water partition coefficient (Wildman–Crippen LogP) is 4.03. The van der Waals surface area contributed by atoms with E-state index in [0.29, 0.717) is 12.0 Å². The molecule has 3 aromatic rings. The second kappa shape index (κ2) is 7.39.